The van der Waals surface area contributed by atoms with Crippen molar-refractivity contribution in [2.45, 2.75) is 25.8 Å². The van der Waals surface area contributed by atoms with Gasteiger partial charge < -0.3 is 14.8 Å². The van der Waals surface area contributed by atoms with Gasteiger partial charge in [-0.1, -0.05) is 17.7 Å². The van der Waals surface area contributed by atoms with Crippen LogP contribution in [0, 0.1) is 6.92 Å². The largest absolute Gasteiger partial charge is 0.454 e. The summed E-state index contributed by atoms with van der Waals surface area (Å²) in [6.07, 6.45) is 0.771. The summed E-state index contributed by atoms with van der Waals surface area (Å²) < 4.78 is 10.7. The third-order valence-electron chi connectivity index (χ3n) is 4.49. The normalized spacial score (nSPS) is 18.2. The first kappa shape index (κ1) is 14.8. The van der Waals surface area contributed by atoms with E-state index in [1.165, 1.54) is 0 Å². The van der Waals surface area contributed by atoms with Crippen molar-refractivity contribution in [2.24, 2.45) is 0 Å². The average molecular weight is 323 g/mol. The van der Waals surface area contributed by atoms with E-state index in [9.17, 15) is 9.59 Å². The third-order valence-corrected chi connectivity index (χ3v) is 4.49. The number of carbonyl (C=O) groups is 2. The first-order chi connectivity index (χ1) is 11.6. The van der Waals surface area contributed by atoms with Crippen LogP contribution in [0.25, 0.3) is 0 Å². The Bertz CT molecular complexity index is 826. The smallest absolute Gasteiger partial charge is 0.251 e. The predicted molar refractivity (Wildman–Crippen MR) is 87.4 cm³/mol. The number of carbonyl (C=O) groups excluding carboxylic acids is 2. The minimum atomic E-state index is -0.508. The summed E-state index contributed by atoms with van der Waals surface area (Å²) in [7, 11) is 0. The molecule has 1 aliphatic carbocycles. The fourth-order valence-electron chi connectivity index (χ4n) is 3.10. The Morgan fingerprint density at radius 1 is 1.08 bits per heavy atom. The molecule has 1 unspecified atom stereocenters. The Balaban J connectivity index is 1.54. The van der Waals surface area contributed by atoms with Crippen molar-refractivity contribution in [1.82, 2.24) is 5.32 Å². The van der Waals surface area contributed by atoms with Gasteiger partial charge in [0.15, 0.2) is 17.3 Å². The monoisotopic (exact) mass is 323 g/mol. The second kappa shape index (κ2) is 5.67. The molecular weight excluding hydrogens is 306 g/mol. The van der Waals surface area contributed by atoms with E-state index in [0.29, 0.717) is 29.9 Å². The lowest BCUT2D eigenvalue weighted by atomic mass is 9.86. The summed E-state index contributed by atoms with van der Waals surface area (Å²) in [5.41, 5.74) is 3.62. The highest BCUT2D eigenvalue weighted by atomic mass is 16.7. The van der Waals surface area contributed by atoms with Gasteiger partial charge in [-0.15, -0.1) is 0 Å². The zero-order valence-electron chi connectivity index (χ0n) is 13.3. The molecule has 1 N–H and O–H groups in total. The molecule has 0 bridgehead atoms. The third kappa shape index (κ3) is 2.62. The molecule has 5 nitrogen and oxygen atoms in total. The molecule has 2 aromatic carbocycles. The molecule has 2 aromatic rings. The zero-order valence-corrected chi connectivity index (χ0v) is 13.3. The fourth-order valence-corrected chi connectivity index (χ4v) is 3.10. The Labute approximate surface area is 139 Å². The number of aryl methyl sites for hydroxylation is 1. The van der Waals surface area contributed by atoms with Gasteiger partial charge in [-0.05, 0) is 42.3 Å². The molecule has 4 rings (SSSR count). The highest BCUT2D eigenvalue weighted by Gasteiger charge is 2.30. The summed E-state index contributed by atoms with van der Waals surface area (Å²) in [6.45, 7) is 2.17. The molecule has 0 spiro atoms. The number of nitrogens with one attached hydrogen (secondary N) is 1. The van der Waals surface area contributed by atoms with E-state index in [0.717, 1.165) is 16.7 Å². The van der Waals surface area contributed by atoms with Crippen LogP contribution in [0.5, 0.6) is 11.5 Å². The first-order valence-corrected chi connectivity index (χ1v) is 7.92. The van der Waals surface area contributed by atoms with E-state index in [2.05, 4.69) is 5.32 Å². The zero-order chi connectivity index (χ0) is 16.7. The Hall–Kier alpha value is -2.82. The lowest BCUT2D eigenvalue weighted by molar-refractivity contribution is -0.120. The minimum absolute atomic E-state index is 0.0156. The lowest BCUT2D eigenvalue weighted by Crippen LogP contribution is -2.45. The summed E-state index contributed by atoms with van der Waals surface area (Å²) in [5, 5.41) is 2.85. The van der Waals surface area contributed by atoms with E-state index < -0.39 is 6.04 Å². The number of benzene rings is 2. The molecule has 2 aliphatic rings. The molecule has 122 valence electrons. The van der Waals surface area contributed by atoms with Crippen molar-refractivity contribution < 1.29 is 19.1 Å². The molecule has 24 heavy (non-hydrogen) atoms. The Kier molecular flexibility index (Phi) is 3.49. The van der Waals surface area contributed by atoms with Gasteiger partial charge in [0, 0.05) is 18.4 Å². The van der Waals surface area contributed by atoms with Crippen molar-refractivity contribution in [3.05, 3.63) is 58.7 Å². The summed E-state index contributed by atoms with van der Waals surface area (Å²) in [5.74, 6) is 1.18. The van der Waals surface area contributed by atoms with Crippen LogP contribution in [0.15, 0.2) is 36.4 Å². The fraction of sp³-hybridized carbons (Fsp3) is 0.263. The van der Waals surface area contributed by atoms with Crippen LogP contribution in [0.1, 0.15) is 27.0 Å². The topological polar surface area (TPSA) is 64.6 Å². The summed E-state index contributed by atoms with van der Waals surface area (Å²) >= 11 is 0. The second-order valence-corrected chi connectivity index (χ2v) is 6.21. The van der Waals surface area contributed by atoms with Gasteiger partial charge in [0.1, 0.15) is 0 Å². The van der Waals surface area contributed by atoms with Crippen LogP contribution in [0.3, 0.4) is 0 Å². The summed E-state index contributed by atoms with van der Waals surface area (Å²) in [4.78, 5) is 24.8. The van der Waals surface area contributed by atoms with Gasteiger partial charge in [0.05, 0.1) is 6.04 Å². The molecule has 1 atom stereocenters. The number of ether oxygens (including phenoxy) is 2. The van der Waals surface area contributed by atoms with Gasteiger partial charge in [-0.25, -0.2) is 0 Å². The van der Waals surface area contributed by atoms with Crippen LogP contribution in [-0.4, -0.2) is 24.5 Å². The van der Waals surface area contributed by atoms with Crippen LogP contribution in [0.4, 0.5) is 0 Å². The van der Waals surface area contributed by atoms with E-state index >= 15 is 0 Å². The molecule has 0 fully saturated rings. The number of fused-ring (bicyclic) bond motifs is 2. The number of hydrogen-bond acceptors (Lipinski definition) is 4. The van der Waals surface area contributed by atoms with Crippen molar-refractivity contribution in [2.75, 3.05) is 6.79 Å². The number of ketones is 1. The van der Waals surface area contributed by atoms with Crippen molar-refractivity contribution in [1.29, 1.82) is 0 Å². The molecule has 5 heteroatoms. The standard InChI is InChI=1S/C19H17NO4/c1-11-2-4-12(5-3-11)19(22)20-15-6-13-8-17-18(24-10-23-17)9-14(13)7-16(15)21/h2-5,8-9,15H,6-7,10H2,1H3,(H,20,22). The maximum absolute atomic E-state index is 12.4. The molecule has 1 amide bonds. The van der Waals surface area contributed by atoms with E-state index in [4.69, 9.17) is 9.47 Å². The van der Waals surface area contributed by atoms with E-state index in [1.807, 2.05) is 31.2 Å². The first-order valence-electron chi connectivity index (χ1n) is 7.92. The Morgan fingerprint density at radius 2 is 1.75 bits per heavy atom. The number of hydrogen-bond donors (Lipinski definition) is 1. The molecule has 1 heterocycles. The number of amides is 1. The van der Waals surface area contributed by atoms with Crippen LogP contribution < -0.4 is 14.8 Å². The highest BCUT2D eigenvalue weighted by molar-refractivity contribution is 5.99. The van der Waals surface area contributed by atoms with Crippen LogP contribution >= 0.6 is 0 Å². The number of Topliss-reactive ketones (excluding diaryl/α,β-unsaturated/α-hetero) is 1. The molecule has 0 saturated heterocycles. The van der Waals surface area contributed by atoms with Crippen LogP contribution in [0.2, 0.25) is 0 Å². The average Bonchev–Trinajstić information content (AvgIpc) is 3.01. The Morgan fingerprint density at radius 3 is 2.46 bits per heavy atom. The van der Waals surface area contributed by atoms with Gasteiger partial charge >= 0.3 is 0 Å². The maximum atomic E-state index is 12.4. The lowest BCUT2D eigenvalue weighted by Gasteiger charge is -2.24. The van der Waals surface area contributed by atoms with Gasteiger partial charge in [0.25, 0.3) is 5.91 Å². The van der Waals surface area contributed by atoms with Gasteiger partial charge in [-0.3, -0.25) is 9.59 Å². The van der Waals surface area contributed by atoms with Crippen molar-refractivity contribution in [3.8, 4) is 11.5 Å². The maximum Gasteiger partial charge on any atom is 0.251 e. The van der Waals surface area contributed by atoms with Crippen molar-refractivity contribution in [3.63, 3.8) is 0 Å². The second-order valence-electron chi connectivity index (χ2n) is 6.21. The van der Waals surface area contributed by atoms with Gasteiger partial charge in [0.2, 0.25) is 6.79 Å². The molecule has 0 radical (unpaired) electrons. The van der Waals surface area contributed by atoms with Gasteiger partial charge in [-0.2, -0.15) is 0 Å². The van der Waals surface area contributed by atoms with E-state index in [1.54, 1.807) is 12.1 Å². The van der Waals surface area contributed by atoms with Crippen LogP contribution in [-0.2, 0) is 17.6 Å². The van der Waals surface area contributed by atoms with E-state index in [-0.39, 0.29) is 18.5 Å². The molecule has 0 aromatic heterocycles. The quantitative estimate of drug-likeness (QED) is 0.920. The summed E-state index contributed by atoms with van der Waals surface area (Å²) in [6, 6.07) is 10.6. The predicted octanol–water partition coefficient (Wildman–Crippen LogP) is 2.19. The highest BCUT2D eigenvalue weighted by Crippen LogP contribution is 2.36. The molecule has 1 aliphatic heterocycles. The molecule has 0 saturated carbocycles. The SMILES string of the molecule is Cc1ccc(C(=O)NC2Cc3cc4c(cc3CC2=O)OCO4)cc1. The number of rotatable bonds is 2. The minimum Gasteiger partial charge on any atom is -0.454 e. The van der Waals surface area contributed by atoms with Crippen molar-refractivity contribution >= 4 is 11.7 Å². The molecular formula is C19H17NO4.